The van der Waals surface area contributed by atoms with E-state index in [0.29, 0.717) is 24.2 Å². The van der Waals surface area contributed by atoms with E-state index in [1.54, 1.807) is 0 Å². The first kappa shape index (κ1) is 20.9. The van der Waals surface area contributed by atoms with Gasteiger partial charge in [0.15, 0.2) is 22.6 Å². The molecular weight excluding hydrogens is 373 g/mol. The van der Waals surface area contributed by atoms with Gasteiger partial charge in [-0.05, 0) is 26.7 Å². The normalized spacial score (nSPS) is 17.0. The van der Waals surface area contributed by atoms with Crippen LogP contribution in [0.3, 0.4) is 0 Å². The molecule has 6 nitrogen and oxygen atoms in total. The molecule has 1 aromatic rings. The molecule has 1 fully saturated rings. The summed E-state index contributed by atoms with van der Waals surface area (Å²) in [5, 5.41) is 21.3. The molecule has 0 amide bonds. The van der Waals surface area contributed by atoms with Crippen molar-refractivity contribution in [3.8, 4) is 0 Å². The van der Waals surface area contributed by atoms with Crippen molar-refractivity contribution in [3.63, 3.8) is 0 Å². The van der Waals surface area contributed by atoms with E-state index in [-0.39, 0.29) is 10.8 Å². The van der Waals surface area contributed by atoms with Crippen LogP contribution in [0.15, 0.2) is 0 Å². The van der Waals surface area contributed by atoms with E-state index in [1.165, 1.54) is 13.8 Å². The number of aliphatic hydroxyl groups is 2. The Hall–Kier alpha value is -1.45. The second-order valence-electron chi connectivity index (χ2n) is 6.80. The number of alkyl halides is 2. The van der Waals surface area contributed by atoms with Crippen LogP contribution in [0.2, 0.25) is 5.15 Å². The fraction of sp³-hybridized carbons (Fsp3) is 0.688. The third kappa shape index (κ3) is 5.52. The second-order valence-corrected chi connectivity index (χ2v) is 7.16. The lowest BCUT2D eigenvalue weighted by molar-refractivity contribution is -0.127. The molecule has 10 heteroatoms. The molecular formula is C16H24ClF3N4O2. The first-order valence-electron chi connectivity index (χ1n) is 8.44. The van der Waals surface area contributed by atoms with Gasteiger partial charge in [-0.25, -0.2) is 18.2 Å². The predicted octanol–water partition coefficient (Wildman–Crippen LogP) is 3.39. The standard InChI is InChI=1S/C13H16ClF3N4.C3H8O2/c14-12-9(17)10(18-5-8(15)16)11-13(20-12)21(6-19-11)7-3-1-2-4-7;1-3(2,4)5/h7-8,19H,1-6H2,(H,18,20);4-5H,1-2H3. The zero-order valence-corrected chi connectivity index (χ0v) is 15.5. The van der Waals surface area contributed by atoms with Crippen LogP contribution < -0.4 is 15.5 Å². The van der Waals surface area contributed by atoms with Crippen LogP contribution in [0.25, 0.3) is 0 Å². The van der Waals surface area contributed by atoms with Crippen LogP contribution in [-0.4, -0.2) is 46.7 Å². The number of nitrogens with zero attached hydrogens (tertiary/aromatic N) is 2. The molecule has 1 aliphatic carbocycles. The van der Waals surface area contributed by atoms with E-state index in [4.69, 9.17) is 21.8 Å². The van der Waals surface area contributed by atoms with Crippen LogP contribution in [0.1, 0.15) is 39.5 Å². The number of fused-ring (bicyclic) bond motifs is 1. The maximum atomic E-state index is 14.1. The zero-order chi connectivity index (χ0) is 19.5. The summed E-state index contributed by atoms with van der Waals surface area (Å²) >= 11 is 5.82. The lowest BCUT2D eigenvalue weighted by atomic mass is 10.2. The van der Waals surface area contributed by atoms with E-state index in [0.717, 1.165) is 25.7 Å². The number of pyridine rings is 1. The summed E-state index contributed by atoms with van der Waals surface area (Å²) in [5.74, 6) is -1.75. The highest BCUT2D eigenvalue weighted by Gasteiger charge is 2.33. The van der Waals surface area contributed by atoms with Crippen LogP contribution in [0, 0.1) is 5.82 Å². The molecule has 0 atom stereocenters. The van der Waals surface area contributed by atoms with Gasteiger partial charge in [0.2, 0.25) is 0 Å². The minimum absolute atomic E-state index is 0.0224. The van der Waals surface area contributed by atoms with Gasteiger partial charge in [-0.15, -0.1) is 0 Å². The van der Waals surface area contributed by atoms with Gasteiger partial charge in [0.25, 0.3) is 6.43 Å². The Morgan fingerprint density at radius 1 is 1.35 bits per heavy atom. The number of halogens is 4. The molecule has 3 rings (SSSR count). The van der Waals surface area contributed by atoms with Crippen molar-refractivity contribution in [1.82, 2.24) is 4.98 Å². The van der Waals surface area contributed by atoms with Crippen LogP contribution in [-0.2, 0) is 0 Å². The van der Waals surface area contributed by atoms with E-state index >= 15 is 0 Å². The molecule has 1 saturated carbocycles. The van der Waals surface area contributed by atoms with Crippen molar-refractivity contribution in [2.75, 3.05) is 28.7 Å². The first-order chi connectivity index (χ1) is 12.1. The van der Waals surface area contributed by atoms with Gasteiger partial charge in [0.1, 0.15) is 11.4 Å². The highest BCUT2D eigenvalue weighted by molar-refractivity contribution is 6.30. The monoisotopic (exact) mass is 396 g/mol. The van der Waals surface area contributed by atoms with Gasteiger partial charge in [0.05, 0.1) is 13.2 Å². The lowest BCUT2D eigenvalue weighted by Crippen LogP contribution is -2.33. The molecule has 0 radical (unpaired) electrons. The fourth-order valence-electron chi connectivity index (χ4n) is 3.00. The average molecular weight is 397 g/mol. The fourth-order valence-corrected chi connectivity index (χ4v) is 3.17. The molecule has 0 aromatic carbocycles. The molecule has 0 spiro atoms. The molecule has 1 aromatic heterocycles. The van der Waals surface area contributed by atoms with E-state index < -0.39 is 24.6 Å². The molecule has 0 bridgehead atoms. The summed E-state index contributed by atoms with van der Waals surface area (Å²) in [6.07, 6.45) is 1.85. The number of hydrogen-bond donors (Lipinski definition) is 4. The second kappa shape index (κ2) is 8.49. The van der Waals surface area contributed by atoms with E-state index in [9.17, 15) is 13.2 Å². The Bertz CT molecular complexity index is 616. The third-order valence-corrected chi connectivity index (χ3v) is 4.23. The molecule has 0 saturated heterocycles. The first-order valence-corrected chi connectivity index (χ1v) is 8.82. The van der Waals surface area contributed by atoms with Crippen LogP contribution in [0.4, 0.5) is 30.4 Å². The SMILES string of the molecule is CC(C)(O)O.Fc1c(Cl)nc2c(c1NCC(F)F)NCN2C1CCCC1. The van der Waals surface area contributed by atoms with Crippen molar-refractivity contribution in [2.24, 2.45) is 0 Å². The van der Waals surface area contributed by atoms with Crippen molar-refractivity contribution < 1.29 is 23.4 Å². The summed E-state index contributed by atoms with van der Waals surface area (Å²) in [5.41, 5.74) is 0.398. The molecule has 148 valence electrons. The van der Waals surface area contributed by atoms with Gasteiger partial charge >= 0.3 is 0 Å². The summed E-state index contributed by atoms with van der Waals surface area (Å²) in [7, 11) is 0. The van der Waals surface area contributed by atoms with Gasteiger partial charge in [-0.2, -0.15) is 0 Å². The molecule has 0 unspecified atom stereocenters. The Morgan fingerprint density at radius 3 is 2.46 bits per heavy atom. The van der Waals surface area contributed by atoms with Crippen LogP contribution >= 0.6 is 11.6 Å². The van der Waals surface area contributed by atoms with Gasteiger partial charge in [-0.1, -0.05) is 24.4 Å². The van der Waals surface area contributed by atoms with Gasteiger partial charge in [-0.3, -0.25) is 0 Å². The minimum Gasteiger partial charge on any atom is -0.375 e. The molecule has 26 heavy (non-hydrogen) atoms. The number of aromatic nitrogens is 1. The zero-order valence-electron chi connectivity index (χ0n) is 14.7. The van der Waals surface area contributed by atoms with Crippen molar-refractivity contribution in [3.05, 3.63) is 11.0 Å². The molecule has 2 aliphatic rings. The average Bonchev–Trinajstić information content (AvgIpc) is 3.14. The number of anilines is 3. The Labute approximate surface area is 155 Å². The number of nitrogens with one attached hydrogen (secondary N) is 2. The predicted molar refractivity (Wildman–Crippen MR) is 95.4 cm³/mol. The third-order valence-electron chi connectivity index (χ3n) is 3.98. The highest BCUT2D eigenvalue weighted by atomic mass is 35.5. The lowest BCUT2D eigenvalue weighted by Gasteiger charge is -2.24. The minimum atomic E-state index is -2.57. The summed E-state index contributed by atoms with van der Waals surface area (Å²) < 4.78 is 38.8. The number of hydrogen-bond acceptors (Lipinski definition) is 6. The molecule has 2 heterocycles. The summed E-state index contributed by atoms with van der Waals surface area (Å²) in [6.45, 7) is 2.46. The Kier molecular flexibility index (Phi) is 6.81. The Morgan fingerprint density at radius 2 is 1.92 bits per heavy atom. The maximum Gasteiger partial charge on any atom is 0.255 e. The topological polar surface area (TPSA) is 80.6 Å². The highest BCUT2D eigenvalue weighted by Crippen LogP contribution is 2.43. The molecule has 1 aliphatic heterocycles. The van der Waals surface area contributed by atoms with Gasteiger partial charge < -0.3 is 25.7 Å². The van der Waals surface area contributed by atoms with E-state index in [1.807, 2.05) is 4.90 Å². The largest absolute Gasteiger partial charge is 0.375 e. The number of rotatable bonds is 4. The maximum absolute atomic E-state index is 14.1. The van der Waals surface area contributed by atoms with Crippen molar-refractivity contribution in [2.45, 2.75) is 57.8 Å². The summed E-state index contributed by atoms with van der Waals surface area (Å²) in [6, 6.07) is 0.343. The Balaban J connectivity index is 0.000000431. The van der Waals surface area contributed by atoms with Crippen molar-refractivity contribution >= 4 is 28.8 Å². The quantitative estimate of drug-likeness (QED) is 0.461. The van der Waals surface area contributed by atoms with E-state index in [2.05, 4.69) is 15.6 Å². The van der Waals surface area contributed by atoms with Crippen molar-refractivity contribution in [1.29, 1.82) is 0 Å². The van der Waals surface area contributed by atoms with Gasteiger partial charge in [0, 0.05) is 6.04 Å². The smallest absolute Gasteiger partial charge is 0.255 e. The molecule has 4 N–H and O–H groups in total. The summed E-state index contributed by atoms with van der Waals surface area (Å²) in [4.78, 5) is 6.14. The van der Waals surface area contributed by atoms with Crippen LogP contribution in [0.5, 0.6) is 0 Å².